The first-order valence-electron chi connectivity index (χ1n) is 5.51. The van der Waals surface area contributed by atoms with Gasteiger partial charge in [-0.3, -0.25) is 4.79 Å². The molecule has 1 heterocycles. The Bertz CT molecular complexity index is 557. The van der Waals surface area contributed by atoms with Crippen LogP contribution >= 0.6 is 11.3 Å². The Morgan fingerprint density at radius 3 is 2.65 bits per heavy atom. The second-order valence-electron chi connectivity index (χ2n) is 3.91. The molecule has 0 spiro atoms. The molecule has 1 aromatic carbocycles. The summed E-state index contributed by atoms with van der Waals surface area (Å²) in [6, 6.07) is 8.08. The predicted molar refractivity (Wildman–Crippen MR) is 68.3 cm³/mol. The Hall–Kier alpha value is -1.48. The van der Waals surface area contributed by atoms with Crippen LogP contribution in [0.3, 0.4) is 0 Å². The van der Waals surface area contributed by atoms with Crippen molar-refractivity contribution < 1.29 is 9.18 Å². The van der Waals surface area contributed by atoms with E-state index >= 15 is 0 Å². The van der Waals surface area contributed by atoms with Crippen LogP contribution in [0.2, 0.25) is 0 Å². The van der Waals surface area contributed by atoms with Gasteiger partial charge in [0, 0.05) is 10.4 Å². The molecule has 0 N–H and O–H groups in total. The highest BCUT2D eigenvalue weighted by Gasteiger charge is 2.14. The number of rotatable bonds is 3. The lowest BCUT2D eigenvalue weighted by molar-refractivity contribution is 0.104. The van der Waals surface area contributed by atoms with E-state index in [2.05, 4.69) is 6.92 Å². The van der Waals surface area contributed by atoms with Crippen molar-refractivity contribution in [2.24, 2.45) is 0 Å². The lowest BCUT2D eigenvalue weighted by atomic mass is 10.0. The smallest absolute Gasteiger partial charge is 0.203 e. The van der Waals surface area contributed by atoms with E-state index in [9.17, 15) is 9.18 Å². The molecule has 3 heteroatoms. The summed E-state index contributed by atoms with van der Waals surface area (Å²) < 4.78 is 13.0. The van der Waals surface area contributed by atoms with E-state index < -0.39 is 0 Å². The molecular weight excluding hydrogens is 235 g/mol. The molecule has 1 nitrogen and oxygen atoms in total. The van der Waals surface area contributed by atoms with Crippen LogP contribution < -0.4 is 0 Å². The Labute approximate surface area is 104 Å². The fourth-order valence-corrected chi connectivity index (χ4v) is 2.61. The van der Waals surface area contributed by atoms with Crippen molar-refractivity contribution in [3.8, 4) is 0 Å². The summed E-state index contributed by atoms with van der Waals surface area (Å²) in [6.07, 6.45) is 0.931. The summed E-state index contributed by atoms with van der Waals surface area (Å²) in [4.78, 5) is 14.1. The van der Waals surface area contributed by atoms with Gasteiger partial charge in [0.15, 0.2) is 0 Å². The molecule has 0 bridgehead atoms. The van der Waals surface area contributed by atoms with Gasteiger partial charge in [0.1, 0.15) is 5.82 Å². The lowest BCUT2D eigenvalue weighted by Gasteiger charge is -2.02. The van der Waals surface area contributed by atoms with Crippen LogP contribution in [0.15, 0.2) is 30.3 Å². The molecule has 88 valence electrons. The fraction of sp³-hybridized carbons (Fsp3) is 0.214. The second-order valence-corrected chi connectivity index (χ2v) is 5.08. The Morgan fingerprint density at radius 2 is 2.06 bits per heavy atom. The number of hydrogen-bond donors (Lipinski definition) is 0. The molecule has 0 aliphatic rings. The number of hydrogen-bond acceptors (Lipinski definition) is 2. The maximum Gasteiger partial charge on any atom is 0.203 e. The summed E-state index contributed by atoms with van der Waals surface area (Å²) >= 11 is 1.51. The molecule has 0 radical (unpaired) electrons. The van der Waals surface area contributed by atoms with Crippen LogP contribution in [0, 0.1) is 12.7 Å². The highest BCUT2D eigenvalue weighted by Crippen LogP contribution is 2.22. The van der Waals surface area contributed by atoms with Gasteiger partial charge in [-0.2, -0.15) is 0 Å². The van der Waals surface area contributed by atoms with Crippen molar-refractivity contribution in [2.75, 3.05) is 0 Å². The molecule has 0 unspecified atom stereocenters. The zero-order valence-electron chi connectivity index (χ0n) is 9.79. The maximum atomic E-state index is 13.0. The normalized spacial score (nSPS) is 10.5. The van der Waals surface area contributed by atoms with E-state index in [1.807, 2.05) is 12.1 Å². The van der Waals surface area contributed by atoms with E-state index in [0.717, 1.165) is 11.3 Å². The van der Waals surface area contributed by atoms with Crippen LogP contribution in [0.25, 0.3) is 0 Å². The van der Waals surface area contributed by atoms with Crippen molar-refractivity contribution in [1.29, 1.82) is 0 Å². The van der Waals surface area contributed by atoms with Crippen LogP contribution in [0.5, 0.6) is 0 Å². The summed E-state index contributed by atoms with van der Waals surface area (Å²) in [5.41, 5.74) is 1.26. The van der Waals surface area contributed by atoms with E-state index in [-0.39, 0.29) is 11.6 Å². The Balaban J connectivity index is 2.36. The molecule has 0 amide bonds. The fourth-order valence-electron chi connectivity index (χ4n) is 1.70. The molecule has 0 aliphatic carbocycles. The minimum Gasteiger partial charge on any atom is -0.288 e. The summed E-state index contributed by atoms with van der Waals surface area (Å²) in [5.74, 6) is -0.327. The van der Waals surface area contributed by atoms with Crippen LogP contribution in [-0.2, 0) is 6.42 Å². The first kappa shape index (κ1) is 12.0. The maximum absolute atomic E-state index is 13.0. The van der Waals surface area contributed by atoms with Crippen molar-refractivity contribution >= 4 is 17.1 Å². The summed E-state index contributed by atoms with van der Waals surface area (Å²) in [5, 5.41) is 0. The Morgan fingerprint density at radius 1 is 1.29 bits per heavy atom. The number of benzene rings is 1. The van der Waals surface area contributed by atoms with E-state index in [4.69, 9.17) is 0 Å². The van der Waals surface area contributed by atoms with Crippen molar-refractivity contribution in [2.45, 2.75) is 20.3 Å². The SMILES string of the molecule is CCc1ccc(C(=O)c2ccc(F)cc2C)s1. The van der Waals surface area contributed by atoms with Gasteiger partial charge >= 0.3 is 0 Å². The molecule has 2 aromatic rings. The van der Waals surface area contributed by atoms with Crippen molar-refractivity contribution in [1.82, 2.24) is 0 Å². The molecule has 0 aliphatic heterocycles. The highest BCUT2D eigenvalue weighted by molar-refractivity contribution is 7.14. The third kappa shape index (κ3) is 2.44. The van der Waals surface area contributed by atoms with E-state index in [1.54, 1.807) is 13.0 Å². The second kappa shape index (κ2) is 4.80. The van der Waals surface area contributed by atoms with Gasteiger partial charge < -0.3 is 0 Å². The van der Waals surface area contributed by atoms with Crippen LogP contribution in [0.4, 0.5) is 4.39 Å². The number of thiophene rings is 1. The van der Waals surface area contributed by atoms with Crippen LogP contribution in [-0.4, -0.2) is 5.78 Å². The lowest BCUT2D eigenvalue weighted by Crippen LogP contribution is -2.01. The quantitative estimate of drug-likeness (QED) is 0.751. The molecule has 0 atom stereocenters. The monoisotopic (exact) mass is 248 g/mol. The molecule has 1 aromatic heterocycles. The number of ketones is 1. The average molecular weight is 248 g/mol. The first-order valence-corrected chi connectivity index (χ1v) is 6.33. The minimum atomic E-state index is -0.306. The number of aryl methyl sites for hydroxylation is 2. The molecular formula is C14H13FOS. The standard InChI is InChI=1S/C14H13FOS/c1-3-11-5-7-13(17-11)14(16)12-6-4-10(15)8-9(12)2/h4-8H,3H2,1-2H3. The zero-order chi connectivity index (χ0) is 12.4. The van der Waals surface area contributed by atoms with Crippen molar-refractivity contribution in [3.05, 3.63) is 57.0 Å². The van der Waals surface area contributed by atoms with Gasteiger partial charge in [-0.1, -0.05) is 6.92 Å². The zero-order valence-corrected chi connectivity index (χ0v) is 10.6. The number of halogens is 1. The number of carbonyl (C=O) groups is 1. The predicted octanol–water partition coefficient (Wildman–Crippen LogP) is 3.99. The molecule has 0 fully saturated rings. The van der Waals surface area contributed by atoms with Gasteiger partial charge in [0.2, 0.25) is 5.78 Å². The topological polar surface area (TPSA) is 17.1 Å². The molecule has 0 saturated heterocycles. The van der Waals surface area contributed by atoms with E-state index in [1.165, 1.54) is 28.3 Å². The largest absolute Gasteiger partial charge is 0.288 e. The minimum absolute atomic E-state index is 0.0211. The Kier molecular flexibility index (Phi) is 3.38. The number of carbonyl (C=O) groups excluding carboxylic acids is 1. The highest BCUT2D eigenvalue weighted by atomic mass is 32.1. The average Bonchev–Trinajstić information content (AvgIpc) is 2.76. The van der Waals surface area contributed by atoms with Gasteiger partial charge in [0.05, 0.1) is 4.88 Å². The molecule has 17 heavy (non-hydrogen) atoms. The van der Waals surface area contributed by atoms with Gasteiger partial charge in [-0.25, -0.2) is 4.39 Å². The van der Waals surface area contributed by atoms with Gasteiger partial charge in [0.25, 0.3) is 0 Å². The van der Waals surface area contributed by atoms with E-state index in [0.29, 0.717) is 11.1 Å². The van der Waals surface area contributed by atoms with Gasteiger partial charge in [-0.15, -0.1) is 11.3 Å². The summed E-state index contributed by atoms with van der Waals surface area (Å²) in [7, 11) is 0. The summed E-state index contributed by atoms with van der Waals surface area (Å²) in [6.45, 7) is 3.81. The third-order valence-electron chi connectivity index (χ3n) is 2.67. The first-order chi connectivity index (χ1) is 8.11. The van der Waals surface area contributed by atoms with Gasteiger partial charge in [-0.05, 0) is 49.2 Å². The third-order valence-corrected chi connectivity index (χ3v) is 3.90. The molecule has 2 rings (SSSR count). The van der Waals surface area contributed by atoms with Crippen LogP contribution in [0.1, 0.15) is 32.6 Å². The van der Waals surface area contributed by atoms with Crippen molar-refractivity contribution in [3.63, 3.8) is 0 Å². The molecule has 0 saturated carbocycles.